The Balaban J connectivity index is 1.44. The van der Waals surface area contributed by atoms with Crippen LogP contribution in [0.5, 0.6) is 0 Å². The number of ether oxygens (including phenoxy) is 1. The minimum atomic E-state index is -0.597. The van der Waals surface area contributed by atoms with Crippen molar-refractivity contribution < 1.29 is 18.8 Å². The Hall–Kier alpha value is -1.87. The van der Waals surface area contributed by atoms with E-state index >= 15 is 0 Å². The van der Waals surface area contributed by atoms with Crippen LogP contribution in [0.15, 0.2) is 41.3 Å². The van der Waals surface area contributed by atoms with Crippen LogP contribution >= 0.6 is 23.4 Å². The molecule has 1 amide bonds. The van der Waals surface area contributed by atoms with Gasteiger partial charge in [0.05, 0.1) is 5.41 Å². The maximum absolute atomic E-state index is 14.2. The molecule has 4 rings (SSSR count). The van der Waals surface area contributed by atoms with Crippen molar-refractivity contribution >= 4 is 29.3 Å². The van der Waals surface area contributed by atoms with E-state index in [1.54, 1.807) is 29.0 Å². The van der Waals surface area contributed by atoms with Crippen LogP contribution in [0.1, 0.15) is 38.5 Å². The van der Waals surface area contributed by atoms with Gasteiger partial charge in [-0.25, -0.2) is 14.7 Å². The highest BCUT2D eigenvalue weighted by atomic mass is 35.5. The predicted octanol–water partition coefficient (Wildman–Crippen LogP) is 4.79. The zero-order chi connectivity index (χ0) is 23.3. The maximum Gasteiger partial charge on any atom is 0.251 e. The quantitative estimate of drug-likeness (QED) is 0.561. The first kappa shape index (κ1) is 24.3. The van der Waals surface area contributed by atoms with E-state index in [1.165, 1.54) is 12.1 Å². The van der Waals surface area contributed by atoms with Gasteiger partial charge in [-0.3, -0.25) is 9.59 Å². The molecule has 0 saturated carbocycles. The van der Waals surface area contributed by atoms with Gasteiger partial charge in [-0.1, -0.05) is 11.6 Å². The summed E-state index contributed by atoms with van der Waals surface area (Å²) in [6, 6.07) is 7.51. The second kappa shape index (κ2) is 11.0. The molecule has 2 saturated heterocycles. The highest BCUT2D eigenvalue weighted by molar-refractivity contribution is 7.99. The van der Waals surface area contributed by atoms with Crippen molar-refractivity contribution in [3.05, 3.63) is 57.7 Å². The molecule has 0 aliphatic carbocycles. The van der Waals surface area contributed by atoms with E-state index in [1.807, 2.05) is 11.8 Å². The van der Waals surface area contributed by atoms with E-state index < -0.39 is 17.5 Å². The summed E-state index contributed by atoms with van der Waals surface area (Å²) in [5, 5.41) is 0.304. The number of pyridine rings is 1. The van der Waals surface area contributed by atoms with Crippen LogP contribution in [-0.2, 0) is 20.9 Å². The predicted molar refractivity (Wildman–Crippen MR) is 128 cm³/mol. The highest BCUT2D eigenvalue weighted by Gasteiger charge is 2.40. The maximum atomic E-state index is 14.2. The molecule has 178 valence electrons. The number of halogens is 2. The molecule has 0 spiro atoms. The SMILES string of the molecule is O=C(NOC1CCCCO1)C1(CCn2ccc(-c3ccc(Cl)cc3F)cc2=O)CCSCC1. The minimum Gasteiger partial charge on any atom is -0.350 e. The van der Waals surface area contributed by atoms with Crippen molar-refractivity contribution in [2.75, 3.05) is 18.1 Å². The van der Waals surface area contributed by atoms with Gasteiger partial charge in [0.15, 0.2) is 6.29 Å². The monoisotopic (exact) mass is 494 g/mol. The van der Waals surface area contributed by atoms with E-state index in [2.05, 4.69) is 5.48 Å². The Kier molecular flexibility index (Phi) is 8.11. The van der Waals surface area contributed by atoms with E-state index in [4.69, 9.17) is 21.2 Å². The Morgan fingerprint density at radius 2 is 2.09 bits per heavy atom. The second-order valence-corrected chi connectivity index (χ2v) is 10.2. The number of thioether (sulfide) groups is 1. The molecule has 6 nitrogen and oxygen atoms in total. The normalized spacial score (nSPS) is 20.4. The van der Waals surface area contributed by atoms with Crippen LogP contribution in [0.3, 0.4) is 0 Å². The average molecular weight is 495 g/mol. The topological polar surface area (TPSA) is 69.6 Å². The molecule has 3 heterocycles. The van der Waals surface area contributed by atoms with Crippen LogP contribution in [-0.4, -0.2) is 34.9 Å². The number of rotatable bonds is 7. The van der Waals surface area contributed by atoms with E-state index in [0.29, 0.717) is 35.7 Å². The summed E-state index contributed by atoms with van der Waals surface area (Å²) in [7, 11) is 0. The van der Waals surface area contributed by atoms with Crippen molar-refractivity contribution in [1.29, 1.82) is 0 Å². The molecule has 1 atom stereocenters. The summed E-state index contributed by atoms with van der Waals surface area (Å²) in [5.74, 6) is 1.15. The number of nitrogens with one attached hydrogen (secondary N) is 1. The molecule has 2 aliphatic rings. The minimum absolute atomic E-state index is 0.148. The van der Waals surface area contributed by atoms with E-state index in [9.17, 15) is 14.0 Å². The lowest BCUT2D eigenvalue weighted by Crippen LogP contribution is -2.46. The molecule has 1 aromatic heterocycles. The fourth-order valence-corrected chi connectivity index (χ4v) is 5.74. The fraction of sp³-hybridized carbons (Fsp3) is 0.500. The lowest BCUT2D eigenvalue weighted by atomic mass is 9.78. The van der Waals surface area contributed by atoms with Gasteiger partial charge in [0.2, 0.25) is 5.91 Å². The number of aromatic nitrogens is 1. The third-order valence-electron chi connectivity index (χ3n) is 6.42. The number of carbonyl (C=O) groups is 1. The summed E-state index contributed by atoms with van der Waals surface area (Å²) in [4.78, 5) is 31.4. The van der Waals surface area contributed by atoms with Crippen molar-refractivity contribution in [2.45, 2.75) is 51.4 Å². The van der Waals surface area contributed by atoms with Gasteiger partial charge >= 0.3 is 0 Å². The lowest BCUT2D eigenvalue weighted by molar-refractivity contribution is -0.205. The first-order chi connectivity index (χ1) is 16.0. The van der Waals surface area contributed by atoms with Gasteiger partial charge < -0.3 is 9.30 Å². The van der Waals surface area contributed by atoms with Gasteiger partial charge in [-0.2, -0.15) is 11.8 Å². The van der Waals surface area contributed by atoms with Crippen LogP contribution in [0, 0.1) is 11.2 Å². The molecule has 0 radical (unpaired) electrons. The molecule has 33 heavy (non-hydrogen) atoms. The van der Waals surface area contributed by atoms with Crippen molar-refractivity contribution in [3.63, 3.8) is 0 Å². The zero-order valence-corrected chi connectivity index (χ0v) is 19.9. The Bertz CT molecular complexity index is 1040. The highest BCUT2D eigenvalue weighted by Crippen LogP contribution is 2.39. The molecule has 9 heteroatoms. The second-order valence-electron chi connectivity index (χ2n) is 8.56. The third kappa shape index (κ3) is 5.98. The summed E-state index contributed by atoms with van der Waals surface area (Å²) in [6.45, 7) is 1.03. The van der Waals surface area contributed by atoms with Crippen molar-refractivity contribution in [2.24, 2.45) is 5.41 Å². The smallest absolute Gasteiger partial charge is 0.251 e. The van der Waals surface area contributed by atoms with Crippen LogP contribution in [0.25, 0.3) is 11.1 Å². The number of hydrogen-bond donors (Lipinski definition) is 1. The molecule has 0 bridgehead atoms. The van der Waals surface area contributed by atoms with Gasteiger partial charge in [-0.15, -0.1) is 0 Å². The van der Waals surface area contributed by atoms with Crippen LogP contribution < -0.4 is 11.0 Å². The van der Waals surface area contributed by atoms with Crippen molar-refractivity contribution in [1.82, 2.24) is 10.0 Å². The summed E-state index contributed by atoms with van der Waals surface area (Å²) in [5.41, 5.74) is 2.62. The zero-order valence-electron chi connectivity index (χ0n) is 18.4. The molecule has 2 aliphatic heterocycles. The van der Waals surface area contributed by atoms with Gasteiger partial charge in [-0.05, 0) is 73.4 Å². The first-order valence-electron chi connectivity index (χ1n) is 11.3. The Morgan fingerprint density at radius 1 is 1.27 bits per heavy atom. The number of hydroxylamine groups is 1. The molecule has 1 N–H and O–H groups in total. The standard InChI is InChI=1S/C24H28ClFN2O4S/c25-18-4-5-19(20(26)16-18)17-6-10-28(21(29)15-17)11-7-24(8-13-33-14-9-24)23(30)27-32-22-3-1-2-12-31-22/h4-6,10,15-16,22H,1-3,7-9,11-14H2,(H,27,30). The number of aryl methyl sites for hydroxylation is 1. The summed E-state index contributed by atoms with van der Waals surface area (Å²) >= 11 is 7.65. The van der Waals surface area contributed by atoms with E-state index in [-0.39, 0.29) is 11.5 Å². The number of amides is 1. The summed E-state index contributed by atoms with van der Waals surface area (Å²) in [6.07, 6.45) is 6.00. The molecular weight excluding hydrogens is 467 g/mol. The number of nitrogens with zero attached hydrogens (tertiary/aromatic N) is 1. The third-order valence-corrected chi connectivity index (χ3v) is 7.64. The molecule has 1 unspecified atom stereocenters. The summed E-state index contributed by atoms with van der Waals surface area (Å²) < 4.78 is 21.3. The Morgan fingerprint density at radius 3 is 2.79 bits per heavy atom. The molecule has 2 aromatic rings. The van der Waals surface area contributed by atoms with Gasteiger partial charge in [0.25, 0.3) is 5.56 Å². The van der Waals surface area contributed by atoms with Crippen molar-refractivity contribution in [3.8, 4) is 11.1 Å². The molecular formula is C24H28ClFN2O4S. The van der Waals surface area contributed by atoms with Crippen LogP contribution in [0.4, 0.5) is 4.39 Å². The van der Waals surface area contributed by atoms with Crippen LogP contribution in [0.2, 0.25) is 5.02 Å². The van der Waals surface area contributed by atoms with E-state index in [0.717, 1.165) is 43.6 Å². The van der Waals surface area contributed by atoms with Gasteiger partial charge in [0.1, 0.15) is 5.82 Å². The molecule has 1 aromatic carbocycles. The molecule has 2 fully saturated rings. The first-order valence-corrected chi connectivity index (χ1v) is 12.8. The Labute approximate surface area is 201 Å². The number of carbonyl (C=O) groups excluding carboxylic acids is 1. The fourth-order valence-electron chi connectivity index (χ4n) is 4.30. The average Bonchev–Trinajstić information content (AvgIpc) is 2.83. The van der Waals surface area contributed by atoms with Gasteiger partial charge in [0, 0.05) is 42.4 Å². The number of hydrogen-bond acceptors (Lipinski definition) is 5. The lowest BCUT2D eigenvalue weighted by Gasteiger charge is -2.36. The largest absolute Gasteiger partial charge is 0.350 e. The number of benzene rings is 1.